The molecule has 3 nitrogen and oxygen atoms in total. The van der Waals surface area contributed by atoms with Gasteiger partial charge in [-0.05, 0) is 41.1 Å². The summed E-state index contributed by atoms with van der Waals surface area (Å²) in [5, 5.41) is -0.0508. The number of hydrogen-bond donors (Lipinski definition) is 0. The molecule has 0 saturated heterocycles. The number of hydrogen-bond acceptors (Lipinski definition) is 3. The smallest absolute Gasteiger partial charge is 0.260 e. The average Bonchev–Trinajstić information content (AvgIpc) is 2.43. The van der Waals surface area contributed by atoms with E-state index in [-0.39, 0.29) is 16.6 Å². The summed E-state index contributed by atoms with van der Waals surface area (Å²) in [7, 11) is 0. The van der Waals surface area contributed by atoms with Crippen molar-refractivity contribution >= 4 is 11.6 Å². The zero-order chi connectivity index (χ0) is 14.8. The van der Waals surface area contributed by atoms with Gasteiger partial charge in [0.1, 0.15) is 5.75 Å². The van der Waals surface area contributed by atoms with Crippen LogP contribution in [0, 0.1) is 5.82 Å². The van der Waals surface area contributed by atoms with Gasteiger partial charge < -0.3 is 4.74 Å². The average molecular weight is 295 g/mol. The second-order valence-electron chi connectivity index (χ2n) is 5.16. The van der Waals surface area contributed by atoms with Crippen molar-refractivity contribution in [2.75, 3.05) is 0 Å². The van der Waals surface area contributed by atoms with Gasteiger partial charge >= 0.3 is 0 Å². The van der Waals surface area contributed by atoms with Crippen LogP contribution < -0.4 is 4.74 Å². The lowest BCUT2D eigenvalue weighted by atomic mass is 9.82. The summed E-state index contributed by atoms with van der Waals surface area (Å²) in [5.41, 5.74) is 1.30. The molecule has 106 valence electrons. The standard InChI is InChI=1S/C15H16ClFN2O/c1-4-15(2,3)10-5-7-11(8-6-10)20-13-12(17)9-18-14(16)19-13/h5-9H,4H2,1-3H3. The molecule has 1 aromatic heterocycles. The van der Waals surface area contributed by atoms with Gasteiger partial charge in [-0.3, -0.25) is 0 Å². The minimum Gasteiger partial charge on any atom is -0.436 e. The molecule has 0 amide bonds. The second-order valence-corrected chi connectivity index (χ2v) is 5.49. The van der Waals surface area contributed by atoms with Crippen LogP contribution in [0.3, 0.4) is 0 Å². The highest BCUT2D eigenvalue weighted by Gasteiger charge is 2.18. The number of nitrogens with zero attached hydrogens (tertiary/aromatic N) is 2. The van der Waals surface area contributed by atoms with Gasteiger partial charge in [0.25, 0.3) is 5.88 Å². The number of benzene rings is 1. The number of ether oxygens (including phenoxy) is 1. The molecule has 2 rings (SSSR count). The van der Waals surface area contributed by atoms with Crippen LogP contribution in [0.5, 0.6) is 11.6 Å². The highest BCUT2D eigenvalue weighted by molar-refractivity contribution is 6.28. The first-order chi connectivity index (χ1) is 9.42. The molecule has 5 heteroatoms. The van der Waals surface area contributed by atoms with E-state index < -0.39 is 5.82 Å². The Hall–Kier alpha value is -1.68. The number of halogens is 2. The zero-order valence-electron chi connectivity index (χ0n) is 11.7. The summed E-state index contributed by atoms with van der Waals surface area (Å²) in [4.78, 5) is 7.25. The van der Waals surface area contributed by atoms with E-state index in [0.717, 1.165) is 12.6 Å². The van der Waals surface area contributed by atoms with Crippen LogP contribution in [0.1, 0.15) is 32.8 Å². The molecular weight excluding hydrogens is 279 g/mol. The quantitative estimate of drug-likeness (QED) is 0.763. The lowest BCUT2D eigenvalue weighted by Gasteiger charge is -2.23. The molecular formula is C15H16ClFN2O. The van der Waals surface area contributed by atoms with Gasteiger partial charge in [0, 0.05) is 0 Å². The molecule has 0 aliphatic rings. The van der Waals surface area contributed by atoms with E-state index in [1.165, 1.54) is 5.56 Å². The Bertz CT molecular complexity index is 599. The van der Waals surface area contributed by atoms with E-state index in [0.29, 0.717) is 5.75 Å². The second kappa shape index (κ2) is 5.75. The van der Waals surface area contributed by atoms with Gasteiger partial charge in [-0.1, -0.05) is 32.9 Å². The minimum absolute atomic E-state index is 0.0508. The van der Waals surface area contributed by atoms with Gasteiger partial charge in [-0.25, -0.2) is 4.98 Å². The Balaban J connectivity index is 2.21. The summed E-state index contributed by atoms with van der Waals surface area (Å²) in [6, 6.07) is 7.53. The Kier molecular flexibility index (Phi) is 4.23. The molecule has 0 N–H and O–H groups in total. The maximum atomic E-state index is 13.5. The summed E-state index contributed by atoms with van der Waals surface area (Å²) in [6.07, 6.45) is 2.02. The van der Waals surface area contributed by atoms with E-state index >= 15 is 0 Å². The molecule has 0 aliphatic heterocycles. The normalized spacial score (nSPS) is 11.4. The number of rotatable bonds is 4. The van der Waals surface area contributed by atoms with Crippen LogP contribution in [0.4, 0.5) is 4.39 Å². The van der Waals surface area contributed by atoms with E-state index in [1.807, 2.05) is 12.1 Å². The minimum atomic E-state index is -0.646. The van der Waals surface area contributed by atoms with E-state index in [4.69, 9.17) is 16.3 Å². The highest BCUT2D eigenvalue weighted by Crippen LogP contribution is 2.29. The highest BCUT2D eigenvalue weighted by atomic mass is 35.5. The SMILES string of the molecule is CCC(C)(C)c1ccc(Oc2nc(Cl)ncc2F)cc1. The van der Waals surface area contributed by atoms with Gasteiger partial charge in [-0.2, -0.15) is 9.37 Å². The summed E-state index contributed by atoms with van der Waals surface area (Å²) >= 11 is 5.62. The van der Waals surface area contributed by atoms with Crippen molar-refractivity contribution < 1.29 is 9.13 Å². The van der Waals surface area contributed by atoms with E-state index in [1.54, 1.807) is 12.1 Å². The zero-order valence-corrected chi connectivity index (χ0v) is 12.4. The van der Waals surface area contributed by atoms with Crippen LogP contribution in [-0.4, -0.2) is 9.97 Å². The lowest BCUT2D eigenvalue weighted by molar-refractivity contribution is 0.419. The van der Waals surface area contributed by atoms with Crippen molar-refractivity contribution in [3.05, 3.63) is 47.1 Å². The molecule has 0 fully saturated rings. The fourth-order valence-corrected chi connectivity index (χ4v) is 1.82. The van der Waals surface area contributed by atoms with Crippen LogP contribution in [0.15, 0.2) is 30.5 Å². The first kappa shape index (κ1) is 14.7. The maximum absolute atomic E-state index is 13.5. The molecule has 20 heavy (non-hydrogen) atoms. The molecule has 2 aromatic rings. The van der Waals surface area contributed by atoms with Crippen molar-refractivity contribution in [3.63, 3.8) is 0 Å². The molecule has 0 saturated carbocycles. The monoisotopic (exact) mass is 294 g/mol. The molecule has 0 radical (unpaired) electrons. The lowest BCUT2D eigenvalue weighted by Crippen LogP contribution is -2.14. The molecule has 0 atom stereocenters. The predicted molar refractivity (Wildman–Crippen MR) is 76.8 cm³/mol. The molecule has 0 bridgehead atoms. The third-order valence-corrected chi connectivity index (χ3v) is 3.60. The number of aromatic nitrogens is 2. The van der Waals surface area contributed by atoms with Crippen LogP contribution >= 0.6 is 11.6 Å². The van der Waals surface area contributed by atoms with Crippen LogP contribution in [0.2, 0.25) is 5.28 Å². The Labute approximate surface area is 122 Å². The molecule has 0 aliphatic carbocycles. The largest absolute Gasteiger partial charge is 0.436 e. The fraction of sp³-hybridized carbons (Fsp3) is 0.333. The molecule has 1 heterocycles. The summed E-state index contributed by atoms with van der Waals surface area (Å²) in [5.74, 6) is -0.311. The third kappa shape index (κ3) is 3.25. The van der Waals surface area contributed by atoms with Crippen molar-refractivity contribution in [3.8, 4) is 11.6 Å². The van der Waals surface area contributed by atoms with Gasteiger partial charge in [0.2, 0.25) is 11.1 Å². The Morgan fingerprint density at radius 3 is 2.50 bits per heavy atom. The van der Waals surface area contributed by atoms with Crippen LogP contribution in [0.25, 0.3) is 0 Å². The van der Waals surface area contributed by atoms with Crippen molar-refractivity contribution in [1.82, 2.24) is 9.97 Å². The predicted octanol–water partition coefficient (Wildman–Crippen LogP) is 4.75. The van der Waals surface area contributed by atoms with Gasteiger partial charge in [0.05, 0.1) is 6.20 Å². The summed E-state index contributed by atoms with van der Waals surface area (Å²) in [6.45, 7) is 6.49. The Morgan fingerprint density at radius 2 is 1.90 bits per heavy atom. The van der Waals surface area contributed by atoms with Crippen molar-refractivity contribution in [2.24, 2.45) is 0 Å². The maximum Gasteiger partial charge on any atom is 0.260 e. The van der Waals surface area contributed by atoms with Crippen molar-refractivity contribution in [1.29, 1.82) is 0 Å². The Morgan fingerprint density at radius 1 is 1.25 bits per heavy atom. The van der Waals surface area contributed by atoms with Crippen molar-refractivity contribution in [2.45, 2.75) is 32.6 Å². The van der Waals surface area contributed by atoms with Crippen LogP contribution in [-0.2, 0) is 5.41 Å². The fourth-order valence-electron chi connectivity index (χ4n) is 1.69. The third-order valence-electron chi connectivity index (χ3n) is 3.42. The topological polar surface area (TPSA) is 35.0 Å². The first-order valence-corrected chi connectivity index (χ1v) is 6.76. The molecule has 0 unspecified atom stereocenters. The summed E-state index contributed by atoms with van der Waals surface area (Å²) < 4.78 is 18.9. The first-order valence-electron chi connectivity index (χ1n) is 6.39. The van der Waals surface area contributed by atoms with Gasteiger partial charge in [-0.15, -0.1) is 0 Å². The van der Waals surface area contributed by atoms with E-state index in [9.17, 15) is 4.39 Å². The molecule has 1 aromatic carbocycles. The van der Waals surface area contributed by atoms with E-state index in [2.05, 4.69) is 30.7 Å². The van der Waals surface area contributed by atoms with Gasteiger partial charge in [0.15, 0.2) is 0 Å². The molecule has 0 spiro atoms.